The molecule has 1 aliphatic heterocycles. The second-order valence-electron chi connectivity index (χ2n) is 21.2. The van der Waals surface area contributed by atoms with Crippen molar-refractivity contribution in [2.24, 2.45) is 11.7 Å². The number of para-hydroxylation sites is 3. The molecule has 22 nitrogen and oxygen atoms in total. The average Bonchev–Trinajstić information content (AvgIpc) is 4.31. The van der Waals surface area contributed by atoms with Gasteiger partial charge in [0.2, 0.25) is 41.4 Å². The molecule has 22 heteroatoms. The van der Waals surface area contributed by atoms with Gasteiger partial charge in [0.1, 0.15) is 36.3 Å². The maximum atomic E-state index is 15.1. The summed E-state index contributed by atoms with van der Waals surface area (Å²) in [5, 5.41) is 37.8. The molecular weight excluding hydrogens is 1050 g/mol. The Balaban J connectivity index is 0.987. The van der Waals surface area contributed by atoms with Crippen LogP contribution in [0.3, 0.4) is 0 Å². The van der Waals surface area contributed by atoms with Gasteiger partial charge in [-0.1, -0.05) is 98.8 Å². The number of nitrogens with one attached hydrogen (secondary N) is 9. The van der Waals surface area contributed by atoms with E-state index in [4.69, 9.17) is 5.73 Å². The lowest BCUT2D eigenvalue weighted by Gasteiger charge is -2.31. The molecule has 0 aliphatic carbocycles. The van der Waals surface area contributed by atoms with Crippen molar-refractivity contribution in [3.05, 3.63) is 144 Å². The number of likely N-dealkylation sites (tertiary alicyclic amines) is 1. The van der Waals surface area contributed by atoms with Crippen molar-refractivity contribution in [2.75, 3.05) is 13.1 Å². The SMILES string of the molecule is CC(C)C[C@H](NC(=O)CNC(=O)[C@H](Cc1c[nH]c2ccccc12)NC(=O)[C@@H](N)Cc1ccccc1)C(=O)N[C@@H](Cc1c[nH]c2ccccc12)C(=O)N1CCC[C@H]1C(=O)N[C@@H](Cc1c[nH]c2ccccc12)C(=O)N[C@@H](CCC(=O)O)C(=O)O. The van der Waals surface area contributed by atoms with E-state index in [0.29, 0.717) is 17.5 Å². The van der Waals surface area contributed by atoms with Gasteiger partial charge in [0.05, 0.1) is 12.6 Å². The number of benzene rings is 4. The van der Waals surface area contributed by atoms with Crippen molar-refractivity contribution in [1.82, 2.24) is 51.8 Å². The van der Waals surface area contributed by atoms with Crippen molar-refractivity contribution >= 4 is 86.0 Å². The molecule has 7 amide bonds. The summed E-state index contributed by atoms with van der Waals surface area (Å²) >= 11 is 0. The Kier molecular flexibility index (Phi) is 19.5. The molecule has 0 bridgehead atoms. The lowest BCUT2D eigenvalue weighted by Crippen LogP contribution is -2.59. The van der Waals surface area contributed by atoms with Gasteiger partial charge >= 0.3 is 11.9 Å². The van der Waals surface area contributed by atoms with E-state index in [1.165, 1.54) is 4.90 Å². The minimum absolute atomic E-state index is 0.0467. The van der Waals surface area contributed by atoms with E-state index in [1.807, 2.05) is 111 Å². The molecule has 0 radical (unpaired) electrons. The molecule has 0 saturated carbocycles. The molecule has 4 aromatic carbocycles. The standard InChI is InChI=1S/C60H69N11O11/c1-34(2)25-47(66-52(72)33-65-55(76)48(27-36-30-62-43-18-9-6-15-39(36)43)68-54(75)42(61)26-35-13-4-3-5-14-35)56(77)70-50(29-38-32-64-45-20-11-8-17-41(38)45)59(80)71-24-12-21-51(71)58(79)69-49(28-37-31-63-44-19-10-7-16-40(37)44)57(78)67-46(60(81)82)22-23-53(73)74/h3-11,13-20,30-32,34,42,46-51,62-64H,12,21-29,33,61H2,1-2H3,(H,65,76)(H,66,72)(H,67,78)(H,68,75)(H,69,79)(H,70,77)(H,73,74)(H,81,82)/t42-,46-,47-,48-,49-,50-,51-/m0/s1. The second-order valence-corrected chi connectivity index (χ2v) is 21.2. The topological polar surface area (TPSA) is 343 Å². The lowest BCUT2D eigenvalue weighted by atomic mass is 10.00. The van der Waals surface area contributed by atoms with E-state index in [-0.39, 0.29) is 51.0 Å². The van der Waals surface area contributed by atoms with Crippen molar-refractivity contribution in [2.45, 2.75) is 114 Å². The van der Waals surface area contributed by atoms with E-state index in [1.54, 1.807) is 24.7 Å². The number of amides is 7. The largest absolute Gasteiger partial charge is 0.481 e. The van der Waals surface area contributed by atoms with Gasteiger partial charge in [0.25, 0.3) is 0 Å². The molecule has 7 atom stereocenters. The molecule has 8 rings (SSSR count). The predicted molar refractivity (Wildman–Crippen MR) is 305 cm³/mol. The van der Waals surface area contributed by atoms with Crippen molar-refractivity contribution < 1.29 is 53.4 Å². The number of nitrogens with two attached hydrogens (primary N) is 1. The third-order valence-corrected chi connectivity index (χ3v) is 14.7. The zero-order valence-corrected chi connectivity index (χ0v) is 45.5. The molecule has 1 aliphatic rings. The van der Waals surface area contributed by atoms with Crippen LogP contribution < -0.4 is 37.6 Å². The Hall–Kier alpha value is -9.31. The van der Waals surface area contributed by atoms with Crippen LogP contribution in [-0.4, -0.2) is 139 Å². The summed E-state index contributed by atoms with van der Waals surface area (Å²) in [7, 11) is 0. The van der Waals surface area contributed by atoms with E-state index in [0.717, 1.165) is 43.8 Å². The number of carboxylic acid groups (broad SMARTS) is 2. The highest BCUT2D eigenvalue weighted by Crippen LogP contribution is 2.25. The van der Waals surface area contributed by atoms with Crippen molar-refractivity contribution in [1.29, 1.82) is 0 Å². The number of H-pyrrole nitrogens is 3. The van der Waals surface area contributed by atoms with Crippen LogP contribution in [0.1, 0.15) is 68.2 Å². The summed E-state index contributed by atoms with van der Waals surface area (Å²) in [6.45, 7) is 3.21. The molecule has 4 heterocycles. The lowest BCUT2D eigenvalue weighted by molar-refractivity contribution is -0.144. The summed E-state index contributed by atoms with van der Waals surface area (Å²) in [6, 6.07) is 22.5. The first kappa shape index (κ1) is 58.8. The molecule has 13 N–H and O–H groups in total. The Bertz CT molecular complexity index is 3440. The first-order valence-corrected chi connectivity index (χ1v) is 27.4. The molecule has 0 unspecified atom stereocenters. The smallest absolute Gasteiger partial charge is 0.326 e. The monoisotopic (exact) mass is 1120 g/mol. The van der Waals surface area contributed by atoms with Crippen LogP contribution in [0.2, 0.25) is 0 Å². The number of fused-ring (bicyclic) bond motifs is 3. The van der Waals surface area contributed by atoms with Crippen LogP contribution in [-0.2, 0) is 68.8 Å². The number of aliphatic carboxylic acids is 2. The summed E-state index contributed by atoms with van der Waals surface area (Å²) < 4.78 is 0. The zero-order valence-electron chi connectivity index (χ0n) is 45.5. The number of hydrogen-bond donors (Lipinski definition) is 12. The van der Waals surface area contributed by atoms with Crippen LogP contribution >= 0.6 is 0 Å². The third kappa shape index (κ3) is 15.1. The van der Waals surface area contributed by atoms with E-state index >= 15 is 4.79 Å². The van der Waals surface area contributed by atoms with Gasteiger partial charge in [-0.3, -0.25) is 38.4 Å². The zero-order chi connectivity index (χ0) is 58.5. The Morgan fingerprint density at radius 1 is 0.573 bits per heavy atom. The molecule has 430 valence electrons. The third-order valence-electron chi connectivity index (χ3n) is 14.7. The van der Waals surface area contributed by atoms with Crippen LogP contribution in [0, 0.1) is 5.92 Å². The summed E-state index contributed by atoms with van der Waals surface area (Å²) in [6.07, 6.45) is 4.95. The van der Waals surface area contributed by atoms with E-state index in [2.05, 4.69) is 46.9 Å². The first-order valence-electron chi connectivity index (χ1n) is 27.4. The van der Waals surface area contributed by atoms with E-state index in [9.17, 15) is 48.6 Å². The highest BCUT2D eigenvalue weighted by molar-refractivity contribution is 5.98. The van der Waals surface area contributed by atoms with Crippen molar-refractivity contribution in [3.63, 3.8) is 0 Å². The highest BCUT2D eigenvalue weighted by atomic mass is 16.4. The normalized spacial score (nSPS) is 15.5. The van der Waals surface area contributed by atoms with Crippen LogP contribution in [0.15, 0.2) is 122 Å². The van der Waals surface area contributed by atoms with Crippen LogP contribution in [0.4, 0.5) is 0 Å². The summed E-state index contributed by atoms with van der Waals surface area (Å²) in [4.78, 5) is 134. The molecule has 1 saturated heterocycles. The highest BCUT2D eigenvalue weighted by Gasteiger charge is 2.41. The number of carbonyl (C=O) groups excluding carboxylic acids is 7. The fourth-order valence-electron chi connectivity index (χ4n) is 10.5. The fraction of sp³-hybridized carbons (Fsp3) is 0.350. The quantitative estimate of drug-likeness (QED) is 0.0353. The summed E-state index contributed by atoms with van der Waals surface area (Å²) in [5.41, 5.74) is 11.5. The molecule has 82 heavy (non-hydrogen) atoms. The van der Waals surface area contributed by atoms with Crippen LogP contribution in [0.25, 0.3) is 32.7 Å². The Morgan fingerprint density at radius 3 is 1.60 bits per heavy atom. The second kappa shape index (κ2) is 27.2. The van der Waals surface area contributed by atoms with Gasteiger partial charge in [-0.15, -0.1) is 0 Å². The summed E-state index contributed by atoms with van der Waals surface area (Å²) in [5.74, 6) is -7.80. The number of carboxylic acids is 2. The average molecular weight is 1120 g/mol. The minimum Gasteiger partial charge on any atom is -0.481 e. The van der Waals surface area contributed by atoms with Gasteiger partial charge in [0, 0.05) is 83.5 Å². The molecule has 7 aromatic rings. The number of aromatic nitrogens is 3. The number of rotatable bonds is 27. The minimum atomic E-state index is -1.59. The Labute approximate surface area is 472 Å². The van der Waals surface area contributed by atoms with Gasteiger partial charge in [-0.05, 0) is 78.5 Å². The predicted octanol–water partition coefficient (Wildman–Crippen LogP) is 3.26. The van der Waals surface area contributed by atoms with Gasteiger partial charge < -0.3 is 67.7 Å². The number of nitrogens with zero attached hydrogens (tertiary/aromatic N) is 1. The molecule has 1 fully saturated rings. The van der Waals surface area contributed by atoms with Gasteiger partial charge in [0.15, 0.2) is 0 Å². The first-order chi connectivity index (χ1) is 39.4. The van der Waals surface area contributed by atoms with Crippen LogP contribution in [0.5, 0.6) is 0 Å². The van der Waals surface area contributed by atoms with Gasteiger partial charge in [-0.2, -0.15) is 0 Å². The number of hydrogen-bond acceptors (Lipinski definition) is 10. The number of carbonyl (C=O) groups is 9. The van der Waals surface area contributed by atoms with E-state index < -0.39 is 115 Å². The maximum Gasteiger partial charge on any atom is 0.326 e. The molecule has 3 aromatic heterocycles. The maximum absolute atomic E-state index is 15.1. The van der Waals surface area contributed by atoms with Gasteiger partial charge in [-0.25, -0.2) is 4.79 Å². The fourth-order valence-corrected chi connectivity index (χ4v) is 10.5. The molecular formula is C60H69N11O11. The Morgan fingerprint density at radius 2 is 1.06 bits per heavy atom. The molecule has 0 spiro atoms. The van der Waals surface area contributed by atoms with Crippen molar-refractivity contribution in [3.8, 4) is 0 Å². The number of aromatic amines is 3.